The van der Waals surface area contributed by atoms with E-state index in [0.717, 1.165) is 17.0 Å². The Hall–Kier alpha value is -1.57. The van der Waals surface area contributed by atoms with E-state index in [2.05, 4.69) is 31.0 Å². The molecule has 0 fully saturated rings. The summed E-state index contributed by atoms with van der Waals surface area (Å²) >= 11 is 0. The van der Waals surface area contributed by atoms with E-state index in [1.54, 1.807) is 7.11 Å². The molecular formula is C14H17NO. The Morgan fingerprint density at radius 2 is 1.94 bits per heavy atom. The second-order valence-corrected chi connectivity index (χ2v) is 4.39. The van der Waals surface area contributed by atoms with Crippen molar-refractivity contribution in [3.63, 3.8) is 0 Å². The van der Waals surface area contributed by atoms with E-state index in [0.29, 0.717) is 5.92 Å². The number of hydrogen-bond acceptors (Lipinski definition) is 2. The second-order valence-electron chi connectivity index (χ2n) is 4.39. The predicted octanol–water partition coefficient (Wildman–Crippen LogP) is 3.68. The third kappa shape index (κ3) is 1.87. The lowest BCUT2D eigenvalue weighted by atomic mass is 9.98. The number of benzene rings is 1. The van der Waals surface area contributed by atoms with Crippen LogP contribution in [0.2, 0.25) is 0 Å². The smallest absolute Gasteiger partial charge is 0.119 e. The zero-order chi connectivity index (χ0) is 11.7. The fourth-order valence-corrected chi connectivity index (χ4v) is 1.97. The van der Waals surface area contributed by atoms with Crippen molar-refractivity contribution >= 4 is 10.9 Å². The number of aryl methyl sites for hydroxylation is 1. The Kier molecular flexibility index (Phi) is 2.82. The van der Waals surface area contributed by atoms with Crippen LogP contribution in [0.3, 0.4) is 0 Å². The number of ether oxygens (including phenoxy) is 1. The molecule has 0 radical (unpaired) electrons. The first-order chi connectivity index (χ1) is 7.61. The predicted molar refractivity (Wildman–Crippen MR) is 67.1 cm³/mol. The molecule has 2 rings (SSSR count). The van der Waals surface area contributed by atoms with E-state index < -0.39 is 0 Å². The van der Waals surface area contributed by atoms with Crippen LogP contribution in [0.1, 0.15) is 31.0 Å². The molecule has 0 saturated carbocycles. The summed E-state index contributed by atoms with van der Waals surface area (Å²) in [6.45, 7) is 6.44. The minimum Gasteiger partial charge on any atom is -0.497 e. The van der Waals surface area contributed by atoms with Gasteiger partial charge in [-0.1, -0.05) is 13.8 Å². The molecule has 1 aromatic carbocycles. The van der Waals surface area contributed by atoms with Gasteiger partial charge in [0.05, 0.1) is 12.6 Å². The summed E-state index contributed by atoms with van der Waals surface area (Å²) in [6.07, 6.45) is 0. The summed E-state index contributed by atoms with van der Waals surface area (Å²) in [4.78, 5) is 4.54. The molecule has 0 aliphatic heterocycles. The molecule has 16 heavy (non-hydrogen) atoms. The average Bonchev–Trinajstić information content (AvgIpc) is 2.27. The quantitative estimate of drug-likeness (QED) is 0.762. The van der Waals surface area contributed by atoms with Gasteiger partial charge in [0, 0.05) is 11.1 Å². The van der Waals surface area contributed by atoms with E-state index in [-0.39, 0.29) is 0 Å². The number of rotatable bonds is 2. The van der Waals surface area contributed by atoms with Crippen molar-refractivity contribution in [3.8, 4) is 5.75 Å². The number of aromatic nitrogens is 1. The minimum absolute atomic E-state index is 0.497. The molecule has 0 amide bonds. The summed E-state index contributed by atoms with van der Waals surface area (Å²) in [5.74, 6) is 1.39. The molecule has 2 heteroatoms. The minimum atomic E-state index is 0.497. The summed E-state index contributed by atoms with van der Waals surface area (Å²) in [7, 11) is 1.69. The molecular weight excluding hydrogens is 198 g/mol. The first kappa shape index (κ1) is 10.9. The van der Waals surface area contributed by atoms with Crippen LogP contribution in [0.4, 0.5) is 0 Å². The second kappa shape index (κ2) is 4.12. The molecule has 2 nitrogen and oxygen atoms in total. The maximum Gasteiger partial charge on any atom is 0.119 e. The SMILES string of the molecule is COc1ccc2nc(C)cc(C(C)C)c2c1. The lowest BCUT2D eigenvalue weighted by Crippen LogP contribution is -1.95. The summed E-state index contributed by atoms with van der Waals surface area (Å²) in [5.41, 5.74) is 3.45. The molecule has 1 heterocycles. The number of fused-ring (bicyclic) bond motifs is 1. The van der Waals surface area contributed by atoms with Gasteiger partial charge in [0.2, 0.25) is 0 Å². The number of pyridine rings is 1. The summed E-state index contributed by atoms with van der Waals surface area (Å²) in [5, 5.41) is 1.19. The molecule has 2 aromatic rings. The molecule has 0 bridgehead atoms. The van der Waals surface area contributed by atoms with Gasteiger partial charge in [-0.05, 0) is 42.7 Å². The Bertz CT molecular complexity index is 517. The highest BCUT2D eigenvalue weighted by atomic mass is 16.5. The maximum atomic E-state index is 5.26. The highest BCUT2D eigenvalue weighted by molar-refractivity contribution is 5.84. The monoisotopic (exact) mass is 215 g/mol. The fourth-order valence-electron chi connectivity index (χ4n) is 1.97. The van der Waals surface area contributed by atoms with Crippen LogP contribution in [-0.2, 0) is 0 Å². The van der Waals surface area contributed by atoms with Crippen molar-refractivity contribution in [3.05, 3.63) is 35.5 Å². The van der Waals surface area contributed by atoms with Gasteiger partial charge in [0.25, 0.3) is 0 Å². The van der Waals surface area contributed by atoms with Crippen LogP contribution in [0.15, 0.2) is 24.3 Å². The van der Waals surface area contributed by atoms with Gasteiger partial charge in [-0.15, -0.1) is 0 Å². The summed E-state index contributed by atoms with van der Waals surface area (Å²) in [6, 6.07) is 8.20. The Balaban J connectivity index is 2.75. The van der Waals surface area contributed by atoms with Crippen LogP contribution in [0.25, 0.3) is 10.9 Å². The topological polar surface area (TPSA) is 22.1 Å². The Labute approximate surface area is 96.3 Å². The standard InChI is InChI=1S/C14H17NO/c1-9(2)12-7-10(3)15-14-6-5-11(16-4)8-13(12)14/h5-9H,1-4H3. The first-order valence-electron chi connectivity index (χ1n) is 5.57. The third-order valence-corrected chi connectivity index (χ3v) is 2.80. The van der Waals surface area contributed by atoms with Crippen molar-refractivity contribution < 1.29 is 4.74 Å². The van der Waals surface area contributed by atoms with E-state index in [4.69, 9.17) is 4.74 Å². The highest BCUT2D eigenvalue weighted by Gasteiger charge is 2.08. The first-order valence-corrected chi connectivity index (χ1v) is 5.57. The number of nitrogens with zero attached hydrogens (tertiary/aromatic N) is 1. The number of methoxy groups -OCH3 is 1. The number of hydrogen-bond donors (Lipinski definition) is 0. The maximum absolute atomic E-state index is 5.26. The zero-order valence-electron chi connectivity index (χ0n) is 10.2. The molecule has 84 valence electrons. The Morgan fingerprint density at radius 3 is 2.56 bits per heavy atom. The van der Waals surface area contributed by atoms with E-state index in [1.807, 2.05) is 19.1 Å². The zero-order valence-corrected chi connectivity index (χ0v) is 10.2. The van der Waals surface area contributed by atoms with Gasteiger partial charge in [0.15, 0.2) is 0 Å². The highest BCUT2D eigenvalue weighted by Crippen LogP contribution is 2.28. The largest absolute Gasteiger partial charge is 0.497 e. The van der Waals surface area contributed by atoms with Crippen molar-refractivity contribution in [2.45, 2.75) is 26.7 Å². The summed E-state index contributed by atoms with van der Waals surface area (Å²) < 4.78 is 5.26. The van der Waals surface area contributed by atoms with Gasteiger partial charge in [-0.3, -0.25) is 4.98 Å². The third-order valence-electron chi connectivity index (χ3n) is 2.80. The Morgan fingerprint density at radius 1 is 1.19 bits per heavy atom. The van der Waals surface area contributed by atoms with Crippen molar-refractivity contribution in [1.29, 1.82) is 0 Å². The van der Waals surface area contributed by atoms with Gasteiger partial charge in [-0.25, -0.2) is 0 Å². The van der Waals surface area contributed by atoms with Gasteiger partial charge in [0.1, 0.15) is 5.75 Å². The van der Waals surface area contributed by atoms with Crippen LogP contribution in [0, 0.1) is 6.92 Å². The van der Waals surface area contributed by atoms with Gasteiger partial charge >= 0.3 is 0 Å². The molecule has 0 aliphatic carbocycles. The molecule has 0 saturated heterocycles. The lowest BCUT2D eigenvalue weighted by molar-refractivity contribution is 0.415. The van der Waals surface area contributed by atoms with Crippen molar-refractivity contribution in [2.24, 2.45) is 0 Å². The van der Waals surface area contributed by atoms with E-state index in [1.165, 1.54) is 10.9 Å². The van der Waals surface area contributed by atoms with Crippen molar-refractivity contribution in [1.82, 2.24) is 4.98 Å². The normalized spacial score (nSPS) is 11.1. The molecule has 0 aliphatic rings. The van der Waals surface area contributed by atoms with E-state index >= 15 is 0 Å². The molecule has 0 spiro atoms. The van der Waals surface area contributed by atoms with Gasteiger partial charge < -0.3 is 4.74 Å². The van der Waals surface area contributed by atoms with Crippen molar-refractivity contribution in [2.75, 3.05) is 7.11 Å². The van der Waals surface area contributed by atoms with Crippen LogP contribution in [0.5, 0.6) is 5.75 Å². The molecule has 0 N–H and O–H groups in total. The molecule has 0 atom stereocenters. The molecule has 1 aromatic heterocycles. The van der Waals surface area contributed by atoms with Gasteiger partial charge in [-0.2, -0.15) is 0 Å². The van der Waals surface area contributed by atoms with E-state index in [9.17, 15) is 0 Å². The van der Waals surface area contributed by atoms with Crippen LogP contribution in [-0.4, -0.2) is 12.1 Å². The fraction of sp³-hybridized carbons (Fsp3) is 0.357. The average molecular weight is 215 g/mol. The van der Waals surface area contributed by atoms with Crippen LogP contribution >= 0.6 is 0 Å². The lowest BCUT2D eigenvalue weighted by Gasteiger charge is -2.12. The molecule has 0 unspecified atom stereocenters. The van der Waals surface area contributed by atoms with Crippen LogP contribution < -0.4 is 4.74 Å².